The average Bonchev–Trinajstić information content (AvgIpc) is 2.38. The van der Waals surface area contributed by atoms with Crippen molar-refractivity contribution < 1.29 is 19.4 Å². The molecule has 0 heterocycles. The van der Waals surface area contributed by atoms with Crippen molar-refractivity contribution in [1.82, 2.24) is 0 Å². The molecule has 94 valence electrons. The maximum Gasteiger partial charge on any atom is 0.335 e. The monoisotopic (exact) mass is 246 g/mol. The summed E-state index contributed by atoms with van der Waals surface area (Å²) in [5.74, 6) is 0.214. The predicted octanol–water partition coefficient (Wildman–Crippen LogP) is 2.95. The number of ether oxygens (including phenoxy) is 2. The van der Waals surface area contributed by atoms with Gasteiger partial charge in [-0.25, -0.2) is 4.79 Å². The van der Waals surface area contributed by atoms with E-state index in [4.69, 9.17) is 14.6 Å². The van der Waals surface area contributed by atoms with Gasteiger partial charge in [-0.2, -0.15) is 0 Å². The summed E-state index contributed by atoms with van der Waals surface area (Å²) in [4.78, 5) is 11.1. The molecule has 4 heteroatoms. The molecule has 2 aromatic rings. The predicted molar refractivity (Wildman–Crippen MR) is 68.6 cm³/mol. The second kappa shape index (κ2) is 4.96. The Morgan fingerprint density at radius 3 is 2.61 bits per heavy atom. The normalized spacial score (nSPS) is 10.3. The first-order valence-corrected chi connectivity index (χ1v) is 5.64. The first-order chi connectivity index (χ1) is 8.67. The first kappa shape index (κ1) is 12.2. The molecule has 18 heavy (non-hydrogen) atoms. The van der Waals surface area contributed by atoms with Gasteiger partial charge in [-0.05, 0) is 25.1 Å². The van der Waals surface area contributed by atoms with Crippen molar-refractivity contribution in [2.24, 2.45) is 0 Å². The molecule has 0 radical (unpaired) electrons. The summed E-state index contributed by atoms with van der Waals surface area (Å²) in [6.45, 7) is 2.34. The summed E-state index contributed by atoms with van der Waals surface area (Å²) >= 11 is 0. The Morgan fingerprint density at radius 1 is 1.22 bits per heavy atom. The van der Waals surface area contributed by atoms with Gasteiger partial charge < -0.3 is 14.6 Å². The quantitative estimate of drug-likeness (QED) is 0.901. The van der Waals surface area contributed by atoms with Crippen LogP contribution in [0.4, 0.5) is 0 Å². The highest BCUT2D eigenvalue weighted by Gasteiger charge is 2.12. The molecule has 2 aromatic carbocycles. The number of benzene rings is 2. The van der Waals surface area contributed by atoms with Crippen LogP contribution in [0, 0.1) is 0 Å². The zero-order valence-electron chi connectivity index (χ0n) is 10.3. The molecular formula is C14H14O4. The lowest BCUT2D eigenvalue weighted by Crippen LogP contribution is -2.00. The number of methoxy groups -OCH3 is 1. The summed E-state index contributed by atoms with van der Waals surface area (Å²) in [6.07, 6.45) is 0. The van der Waals surface area contributed by atoms with Crippen LogP contribution in [0.15, 0.2) is 30.3 Å². The Labute approximate surface area is 105 Å². The molecule has 0 fully saturated rings. The van der Waals surface area contributed by atoms with Gasteiger partial charge in [0.2, 0.25) is 0 Å². The zero-order chi connectivity index (χ0) is 13.1. The largest absolute Gasteiger partial charge is 0.496 e. The number of hydrogen-bond donors (Lipinski definition) is 1. The first-order valence-electron chi connectivity index (χ1n) is 5.64. The van der Waals surface area contributed by atoms with Gasteiger partial charge >= 0.3 is 5.97 Å². The molecule has 0 spiro atoms. The Bertz CT molecular complexity index is 590. The summed E-state index contributed by atoms with van der Waals surface area (Å²) in [5.41, 5.74) is 0.190. The van der Waals surface area contributed by atoms with E-state index in [2.05, 4.69) is 0 Å². The molecule has 0 saturated heterocycles. The number of rotatable bonds is 4. The van der Waals surface area contributed by atoms with Gasteiger partial charge in [-0.15, -0.1) is 0 Å². The lowest BCUT2D eigenvalue weighted by Gasteiger charge is -2.11. The lowest BCUT2D eigenvalue weighted by atomic mass is 10.0. The molecule has 0 aromatic heterocycles. The van der Waals surface area contributed by atoms with Crippen molar-refractivity contribution in [1.29, 1.82) is 0 Å². The Balaban J connectivity index is 2.76. The Hall–Kier alpha value is -2.23. The third-order valence-corrected chi connectivity index (χ3v) is 2.68. The molecule has 0 aliphatic carbocycles. The highest BCUT2D eigenvalue weighted by molar-refractivity contribution is 6.00. The van der Waals surface area contributed by atoms with Crippen LogP contribution < -0.4 is 9.47 Å². The van der Waals surface area contributed by atoms with Gasteiger partial charge in [0, 0.05) is 10.8 Å². The van der Waals surface area contributed by atoms with Crippen molar-refractivity contribution in [2.45, 2.75) is 6.92 Å². The van der Waals surface area contributed by atoms with Gasteiger partial charge in [0.15, 0.2) is 0 Å². The highest BCUT2D eigenvalue weighted by Crippen LogP contribution is 2.33. The molecule has 1 N–H and O–H groups in total. The fraction of sp³-hybridized carbons (Fsp3) is 0.214. The third kappa shape index (κ3) is 2.09. The molecule has 0 unspecified atom stereocenters. The Morgan fingerprint density at radius 2 is 2.00 bits per heavy atom. The summed E-state index contributed by atoms with van der Waals surface area (Å²) in [7, 11) is 1.56. The average molecular weight is 246 g/mol. The standard InChI is InChI=1S/C14H14O4/c1-3-18-13-8-9(14(15)16)7-11-10(13)5-4-6-12(11)17-2/h4-8H,3H2,1-2H3,(H,15,16). The van der Waals surface area contributed by atoms with Gasteiger partial charge in [-0.3, -0.25) is 0 Å². The van der Waals surface area contributed by atoms with Crippen LogP contribution >= 0.6 is 0 Å². The minimum absolute atomic E-state index is 0.190. The lowest BCUT2D eigenvalue weighted by molar-refractivity contribution is 0.0696. The van der Waals surface area contributed by atoms with Crippen molar-refractivity contribution in [3.63, 3.8) is 0 Å². The summed E-state index contributed by atoms with van der Waals surface area (Å²) in [5, 5.41) is 10.7. The number of carboxylic acids is 1. The minimum atomic E-state index is -0.983. The molecule has 4 nitrogen and oxygen atoms in total. The van der Waals surface area contributed by atoms with Gasteiger partial charge in [0.1, 0.15) is 11.5 Å². The molecular weight excluding hydrogens is 232 g/mol. The van der Waals surface area contributed by atoms with Crippen molar-refractivity contribution >= 4 is 16.7 Å². The van der Waals surface area contributed by atoms with Gasteiger partial charge in [0.25, 0.3) is 0 Å². The number of aromatic carboxylic acids is 1. The van der Waals surface area contributed by atoms with Crippen LogP contribution in [-0.4, -0.2) is 24.8 Å². The molecule has 0 bridgehead atoms. The van der Waals surface area contributed by atoms with E-state index in [1.807, 2.05) is 19.1 Å². The highest BCUT2D eigenvalue weighted by atomic mass is 16.5. The van der Waals surface area contributed by atoms with Crippen molar-refractivity contribution in [2.75, 3.05) is 13.7 Å². The van der Waals surface area contributed by atoms with E-state index in [-0.39, 0.29) is 5.56 Å². The molecule has 0 aliphatic heterocycles. The summed E-state index contributed by atoms with van der Waals surface area (Å²) < 4.78 is 10.7. The molecule has 0 atom stereocenters. The molecule has 0 amide bonds. The van der Waals surface area contributed by atoms with E-state index in [1.165, 1.54) is 6.07 Å². The number of hydrogen-bond acceptors (Lipinski definition) is 3. The maximum atomic E-state index is 11.1. The second-order valence-electron chi connectivity index (χ2n) is 3.77. The van der Waals surface area contributed by atoms with E-state index < -0.39 is 5.97 Å². The number of carboxylic acid groups (broad SMARTS) is 1. The van der Waals surface area contributed by atoms with E-state index in [9.17, 15) is 4.79 Å². The van der Waals surface area contributed by atoms with Crippen LogP contribution in [0.25, 0.3) is 10.8 Å². The smallest absolute Gasteiger partial charge is 0.335 e. The molecule has 0 saturated carbocycles. The number of fused-ring (bicyclic) bond motifs is 1. The maximum absolute atomic E-state index is 11.1. The van der Waals surface area contributed by atoms with Gasteiger partial charge in [0.05, 0.1) is 19.3 Å². The zero-order valence-corrected chi connectivity index (χ0v) is 10.3. The van der Waals surface area contributed by atoms with E-state index in [1.54, 1.807) is 19.2 Å². The molecule has 2 rings (SSSR count). The van der Waals surface area contributed by atoms with Crippen LogP contribution in [0.5, 0.6) is 11.5 Å². The summed E-state index contributed by atoms with van der Waals surface area (Å²) in [6, 6.07) is 8.66. The Kier molecular flexibility index (Phi) is 3.37. The van der Waals surface area contributed by atoms with Gasteiger partial charge in [-0.1, -0.05) is 12.1 Å². The topological polar surface area (TPSA) is 55.8 Å². The van der Waals surface area contributed by atoms with E-state index in [0.29, 0.717) is 18.1 Å². The van der Waals surface area contributed by atoms with E-state index in [0.717, 1.165) is 10.8 Å². The van der Waals surface area contributed by atoms with Crippen LogP contribution in [-0.2, 0) is 0 Å². The third-order valence-electron chi connectivity index (χ3n) is 2.68. The van der Waals surface area contributed by atoms with Crippen LogP contribution in [0.2, 0.25) is 0 Å². The van der Waals surface area contributed by atoms with Crippen molar-refractivity contribution in [3.05, 3.63) is 35.9 Å². The SMILES string of the molecule is CCOc1cc(C(=O)O)cc2c(OC)cccc12. The number of carbonyl (C=O) groups is 1. The van der Waals surface area contributed by atoms with Crippen molar-refractivity contribution in [3.8, 4) is 11.5 Å². The minimum Gasteiger partial charge on any atom is -0.496 e. The van der Waals surface area contributed by atoms with Crippen LogP contribution in [0.1, 0.15) is 17.3 Å². The fourth-order valence-electron chi connectivity index (χ4n) is 1.90. The van der Waals surface area contributed by atoms with E-state index >= 15 is 0 Å². The fourth-order valence-corrected chi connectivity index (χ4v) is 1.90. The van der Waals surface area contributed by atoms with Crippen LogP contribution in [0.3, 0.4) is 0 Å². The molecule has 0 aliphatic rings. The second-order valence-corrected chi connectivity index (χ2v) is 3.77.